The molecule has 1 N–H and O–H groups in total. The van der Waals surface area contributed by atoms with E-state index in [4.69, 9.17) is 0 Å². The third kappa shape index (κ3) is 3.12. The van der Waals surface area contributed by atoms with Crippen LogP contribution >= 0.6 is 11.3 Å². The largest absolute Gasteiger partial charge is 0.334 e. The first-order valence-electron chi connectivity index (χ1n) is 7.94. The van der Waals surface area contributed by atoms with Crippen molar-refractivity contribution in [2.75, 3.05) is 5.32 Å². The highest BCUT2D eigenvalue weighted by molar-refractivity contribution is 7.18. The minimum absolute atomic E-state index is 0.0581. The van der Waals surface area contributed by atoms with E-state index in [9.17, 15) is 10.1 Å². The molecule has 0 fully saturated rings. The molecule has 0 spiro atoms. The number of nitro groups is 1. The van der Waals surface area contributed by atoms with Gasteiger partial charge in [-0.25, -0.2) is 9.97 Å². The van der Waals surface area contributed by atoms with Crippen LogP contribution in [0.25, 0.3) is 21.3 Å². The van der Waals surface area contributed by atoms with Crippen LogP contribution in [-0.2, 0) is 0 Å². The minimum Gasteiger partial charge on any atom is -0.334 e. The number of hydrogen-bond donors (Lipinski definition) is 1. The number of pyridine rings is 1. The predicted octanol–water partition coefficient (Wildman–Crippen LogP) is 5.32. The van der Waals surface area contributed by atoms with Crippen molar-refractivity contribution in [2.24, 2.45) is 0 Å². The normalized spacial score (nSPS) is 10.8. The van der Waals surface area contributed by atoms with Gasteiger partial charge in [-0.2, -0.15) is 0 Å². The van der Waals surface area contributed by atoms with E-state index in [1.165, 1.54) is 12.3 Å². The first-order valence-corrected chi connectivity index (χ1v) is 8.76. The monoisotopic (exact) mass is 362 g/mol. The first kappa shape index (κ1) is 16.2. The van der Waals surface area contributed by atoms with Gasteiger partial charge in [-0.05, 0) is 48.4 Å². The van der Waals surface area contributed by atoms with E-state index < -0.39 is 4.92 Å². The lowest BCUT2D eigenvalue weighted by Gasteiger charge is -2.08. The van der Waals surface area contributed by atoms with Crippen molar-refractivity contribution in [2.45, 2.75) is 6.92 Å². The summed E-state index contributed by atoms with van der Waals surface area (Å²) in [5.74, 6) is 0.222. The number of thiazole rings is 1. The number of aryl methyl sites for hydroxylation is 1. The Bertz CT molecular complexity index is 1120. The summed E-state index contributed by atoms with van der Waals surface area (Å²) in [4.78, 5) is 19.3. The first-order chi connectivity index (χ1) is 12.6. The SMILES string of the molecule is Cc1nc2cc(-c3cccc(Nc4ncccc4[N+](=O)[O-])c3)ccc2s1. The lowest BCUT2D eigenvalue weighted by molar-refractivity contribution is -0.384. The highest BCUT2D eigenvalue weighted by Gasteiger charge is 2.14. The standard InChI is InChI=1S/C19H14N4O2S/c1-12-21-16-11-14(7-8-18(16)26-12)13-4-2-5-15(10-13)22-19-17(23(24)25)6-3-9-20-19/h2-11H,1H3,(H,20,22). The van der Waals surface area contributed by atoms with Gasteiger partial charge in [0.15, 0.2) is 0 Å². The fourth-order valence-corrected chi connectivity index (χ4v) is 3.58. The van der Waals surface area contributed by atoms with E-state index in [1.807, 2.05) is 31.2 Å². The van der Waals surface area contributed by atoms with Crippen LogP contribution in [0.1, 0.15) is 5.01 Å². The quantitative estimate of drug-likeness (QED) is 0.392. The molecule has 2 aromatic heterocycles. The van der Waals surface area contributed by atoms with E-state index in [2.05, 4.69) is 33.5 Å². The maximum Gasteiger partial charge on any atom is 0.311 e. The maximum absolute atomic E-state index is 11.1. The molecule has 0 radical (unpaired) electrons. The molecule has 0 amide bonds. The predicted molar refractivity (Wildman–Crippen MR) is 104 cm³/mol. The highest BCUT2D eigenvalue weighted by atomic mass is 32.1. The molecule has 7 heteroatoms. The van der Waals surface area contributed by atoms with Crippen molar-refractivity contribution in [3.05, 3.63) is 75.9 Å². The molecule has 0 aliphatic carbocycles. The summed E-state index contributed by atoms with van der Waals surface area (Å²) in [5, 5.41) is 15.2. The van der Waals surface area contributed by atoms with Crippen LogP contribution in [0.15, 0.2) is 60.8 Å². The van der Waals surface area contributed by atoms with Crippen molar-refractivity contribution < 1.29 is 4.92 Å². The van der Waals surface area contributed by atoms with Gasteiger partial charge in [-0.3, -0.25) is 10.1 Å². The van der Waals surface area contributed by atoms with Gasteiger partial charge in [-0.1, -0.05) is 18.2 Å². The Labute approximate surface area is 153 Å². The molecule has 2 heterocycles. The second kappa shape index (κ2) is 6.53. The average Bonchev–Trinajstić information content (AvgIpc) is 3.01. The van der Waals surface area contributed by atoms with E-state index >= 15 is 0 Å². The summed E-state index contributed by atoms with van der Waals surface area (Å²) in [7, 11) is 0. The van der Waals surface area contributed by atoms with Crippen LogP contribution in [0.5, 0.6) is 0 Å². The Kier molecular flexibility index (Phi) is 4.06. The van der Waals surface area contributed by atoms with E-state index in [1.54, 1.807) is 17.4 Å². The summed E-state index contributed by atoms with van der Waals surface area (Å²) >= 11 is 1.67. The van der Waals surface area contributed by atoms with Crippen LogP contribution in [-0.4, -0.2) is 14.9 Å². The Balaban J connectivity index is 1.69. The second-order valence-corrected chi connectivity index (χ2v) is 6.98. The summed E-state index contributed by atoms with van der Waals surface area (Å²) in [6, 6.07) is 16.9. The Morgan fingerprint density at radius 1 is 1.08 bits per heavy atom. The molecule has 0 atom stereocenters. The topological polar surface area (TPSA) is 81.0 Å². The lowest BCUT2D eigenvalue weighted by Crippen LogP contribution is -1.99. The highest BCUT2D eigenvalue weighted by Crippen LogP contribution is 2.30. The zero-order valence-electron chi connectivity index (χ0n) is 13.8. The van der Waals surface area contributed by atoms with Gasteiger partial charge in [0, 0.05) is 18.0 Å². The molecule has 0 saturated carbocycles. The third-order valence-corrected chi connectivity index (χ3v) is 4.89. The minimum atomic E-state index is -0.447. The molecule has 4 aromatic rings. The van der Waals surface area contributed by atoms with Gasteiger partial charge in [0.05, 0.1) is 20.1 Å². The Hall–Kier alpha value is -3.32. The lowest BCUT2D eigenvalue weighted by atomic mass is 10.0. The van der Waals surface area contributed by atoms with Crippen molar-refractivity contribution in [1.29, 1.82) is 0 Å². The fraction of sp³-hybridized carbons (Fsp3) is 0.0526. The van der Waals surface area contributed by atoms with Crippen molar-refractivity contribution in [1.82, 2.24) is 9.97 Å². The zero-order chi connectivity index (χ0) is 18.1. The maximum atomic E-state index is 11.1. The summed E-state index contributed by atoms with van der Waals surface area (Å²) < 4.78 is 1.16. The number of rotatable bonds is 4. The van der Waals surface area contributed by atoms with Crippen LogP contribution in [0.3, 0.4) is 0 Å². The van der Waals surface area contributed by atoms with Crippen LogP contribution in [0.2, 0.25) is 0 Å². The number of fused-ring (bicyclic) bond motifs is 1. The van der Waals surface area contributed by atoms with E-state index in [0.29, 0.717) is 0 Å². The van der Waals surface area contributed by atoms with Crippen molar-refractivity contribution in [3.63, 3.8) is 0 Å². The van der Waals surface area contributed by atoms with Gasteiger partial charge in [0.2, 0.25) is 5.82 Å². The number of anilines is 2. The van der Waals surface area contributed by atoms with Crippen LogP contribution < -0.4 is 5.32 Å². The molecular formula is C19H14N4O2S. The number of nitrogens with one attached hydrogen (secondary N) is 1. The smallest absolute Gasteiger partial charge is 0.311 e. The molecular weight excluding hydrogens is 348 g/mol. The Morgan fingerprint density at radius 3 is 2.77 bits per heavy atom. The molecule has 128 valence electrons. The fourth-order valence-electron chi connectivity index (χ4n) is 2.78. The van der Waals surface area contributed by atoms with Crippen molar-refractivity contribution in [3.8, 4) is 11.1 Å². The van der Waals surface area contributed by atoms with Crippen molar-refractivity contribution >= 4 is 38.7 Å². The van der Waals surface area contributed by atoms with Crippen LogP contribution in [0.4, 0.5) is 17.2 Å². The molecule has 6 nitrogen and oxygen atoms in total. The van der Waals surface area contributed by atoms with Gasteiger partial charge >= 0.3 is 5.69 Å². The summed E-state index contributed by atoms with van der Waals surface area (Å²) in [5.41, 5.74) is 3.70. The Morgan fingerprint density at radius 2 is 1.92 bits per heavy atom. The summed E-state index contributed by atoms with van der Waals surface area (Å²) in [6.45, 7) is 1.99. The van der Waals surface area contributed by atoms with Gasteiger partial charge in [-0.15, -0.1) is 11.3 Å². The molecule has 2 aromatic carbocycles. The molecule has 0 aliphatic rings. The molecule has 4 rings (SSSR count). The third-order valence-electron chi connectivity index (χ3n) is 3.94. The van der Waals surface area contributed by atoms with Crippen LogP contribution in [0, 0.1) is 17.0 Å². The molecule has 0 aliphatic heterocycles. The number of benzene rings is 2. The number of nitrogens with zero attached hydrogens (tertiary/aromatic N) is 3. The molecule has 26 heavy (non-hydrogen) atoms. The second-order valence-electron chi connectivity index (χ2n) is 5.75. The molecule has 0 bridgehead atoms. The van der Waals surface area contributed by atoms with Gasteiger partial charge in [0.1, 0.15) is 0 Å². The zero-order valence-corrected chi connectivity index (χ0v) is 14.7. The van der Waals surface area contributed by atoms with Gasteiger partial charge in [0.25, 0.3) is 0 Å². The number of hydrogen-bond acceptors (Lipinski definition) is 6. The van der Waals surface area contributed by atoms with E-state index in [0.717, 1.165) is 32.0 Å². The summed E-state index contributed by atoms with van der Waals surface area (Å²) in [6.07, 6.45) is 1.53. The molecule has 0 saturated heterocycles. The molecule has 0 unspecified atom stereocenters. The van der Waals surface area contributed by atoms with Gasteiger partial charge < -0.3 is 5.32 Å². The average molecular weight is 362 g/mol. The number of aromatic nitrogens is 2. The van der Waals surface area contributed by atoms with E-state index in [-0.39, 0.29) is 11.5 Å².